The fourth-order valence-corrected chi connectivity index (χ4v) is 3.29. The summed E-state index contributed by atoms with van der Waals surface area (Å²) in [7, 11) is 1.81. The maximum Gasteiger partial charge on any atom is 0.293 e. The summed E-state index contributed by atoms with van der Waals surface area (Å²) in [6, 6.07) is 1.68. The van der Waals surface area contributed by atoms with E-state index >= 15 is 0 Å². The molecule has 0 spiro atoms. The Morgan fingerprint density at radius 3 is 2.91 bits per heavy atom. The first-order valence-corrected chi connectivity index (χ1v) is 8.40. The molecule has 1 aliphatic heterocycles. The first-order chi connectivity index (χ1) is 11.0. The van der Waals surface area contributed by atoms with Crippen LogP contribution >= 0.6 is 31.9 Å². The minimum Gasteiger partial charge on any atom is -0.313 e. The third-order valence-corrected chi connectivity index (χ3v) is 4.46. The van der Waals surface area contributed by atoms with E-state index in [2.05, 4.69) is 46.9 Å². The van der Waals surface area contributed by atoms with Gasteiger partial charge in [0, 0.05) is 38.2 Å². The molecule has 0 aromatic carbocycles. The molecule has 0 N–H and O–H groups in total. The second-order valence-electron chi connectivity index (χ2n) is 5.11. The number of halogens is 2. The highest BCUT2D eigenvalue weighted by molar-refractivity contribution is 9.10. The van der Waals surface area contributed by atoms with Crippen molar-refractivity contribution in [1.82, 2.24) is 29.2 Å². The van der Waals surface area contributed by atoms with E-state index in [0.717, 1.165) is 9.08 Å². The van der Waals surface area contributed by atoms with Crippen LogP contribution in [0.25, 0.3) is 5.65 Å². The van der Waals surface area contributed by atoms with Gasteiger partial charge < -0.3 is 4.57 Å². The Hall–Kier alpha value is -1.94. The van der Waals surface area contributed by atoms with Crippen LogP contribution in [0.2, 0.25) is 0 Å². The van der Waals surface area contributed by atoms with Crippen LogP contribution in [0.1, 0.15) is 10.5 Å². The Kier molecular flexibility index (Phi) is 3.38. The van der Waals surface area contributed by atoms with Gasteiger partial charge in [0.05, 0.1) is 11.0 Å². The maximum atomic E-state index is 12.8. The standard InChI is InChI=1S/C13H11Br2N7O/c1-19-13-17-10(15)7-20(13)2-3-22(19)12(23)9-4-11-16-5-8(14)6-21(11)18-9/h4-7H,2-3H2,1H3. The highest BCUT2D eigenvalue weighted by atomic mass is 79.9. The number of fused-ring (bicyclic) bond motifs is 2. The van der Waals surface area contributed by atoms with Gasteiger partial charge in [-0.15, -0.1) is 0 Å². The lowest BCUT2D eigenvalue weighted by Crippen LogP contribution is -2.50. The lowest BCUT2D eigenvalue weighted by atomic mass is 10.3. The monoisotopic (exact) mass is 439 g/mol. The van der Waals surface area contributed by atoms with E-state index < -0.39 is 0 Å². The quantitative estimate of drug-likeness (QED) is 0.578. The number of carbonyl (C=O) groups is 1. The number of imidazole rings is 1. The number of carbonyl (C=O) groups excluding carboxylic acids is 1. The Bertz CT molecular complexity index is 918. The fourth-order valence-electron chi connectivity index (χ4n) is 2.59. The normalized spacial score (nSPS) is 14.4. The molecular formula is C13H11Br2N7O. The molecule has 3 aromatic heterocycles. The van der Waals surface area contributed by atoms with Gasteiger partial charge in [0.2, 0.25) is 5.95 Å². The number of amides is 1. The van der Waals surface area contributed by atoms with Crippen molar-refractivity contribution in [2.45, 2.75) is 6.54 Å². The number of hydrazine groups is 1. The Morgan fingerprint density at radius 2 is 2.09 bits per heavy atom. The summed E-state index contributed by atoms with van der Waals surface area (Å²) in [6.07, 6.45) is 5.34. The second-order valence-corrected chi connectivity index (χ2v) is 6.84. The molecule has 4 rings (SSSR count). The van der Waals surface area contributed by atoms with Crippen molar-refractivity contribution in [3.8, 4) is 0 Å². The minimum absolute atomic E-state index is 0.181. The number of aromatic nitrogens is 5. The molecule has 1 aliphatic rings. The largest absolute Gasteiger partial charge is 0.313 e. The van der Waals surface area contributed by atoms with Crippen molar-refractivity contribution in [3.05, 3.63) is 39.4 Å². The summed E-state index contributed by atoms with van der Waals surface area (Å²) in [5, 5.41) is 7.68. The summed E-state index contributed by atoms with van der Waals surface area (Å²) in [5.74, 6) is 0.528. The van der Waals surface area contributed by atoms with Crippen molar-refractivity contribution in [2.75, 3.05) is 18.6 Å². The van der Waals surface area contributed by atoms with Gasteiger partial charge in [-0.3, -0.25) is 9.80 Å². The fraction of sp³-hybridized carbons (Fsp3) is 0.231. The van der Waals surface area contributed by atoms with E-state index in [9.17, 15) is 4.79 Å². The molecule has 0 saturated carbocycles. The van der Waals surface area contributed by atoms with Gasteiger partial charge in [-0.1, -0.05) is 0 Å². The van der Waals surface area contributed by atoms with Crippen LogP contribution in [-0.4, -0.2) is 48.7 Å². The van der Waals surface area contributed by atoms with E-state index in [4.69, 9.17) is 0 Å². The molecule has 0 saturated heterocycles. The molecule has 4 heterocycles. The molecule has 0 unspecified atom stereocenters. The van der Waals surface area contributed by atoms with Gasteiger partial charge in [-0.25, -0.2) is 19.5 Å². The Labute approximate surface area is 147 Å². The molecule has 0 bridgehead atoms. The molecule has 0 radical (unpaired) electrons. The van der Waals surface area contributed by atoms with Crippen LogP contribution in [0, 0.1) is 0 Å². The number of nitrogens with zero attached hydrogens (tertiary/aromatic N) is 7. The van der Waals surface area contributed by atoms with Gasteiger partial charge >= 0.3 is 0 Å². The molecule has 0 fully saturated rings. The molecule has 23 heavy (non-hydrogen) atoms. The predicted molar refractivity (Wildman–Crippen MR) is 90.1 cm³/mol. The van der Waals surface area contributed by atoms with Crippen molar-refractivity contribution in [2.24, 2.45) is 0 Å². The molecular weight excluding hydrogens is 430 g/mol. The number of anilines is 1. The third kappa shape index (κ3) is 2.41. The molecule has 118 valence electrons. The van der Waals surface area contributed by atoms with Crippen molar-refractivity contribution >= 4 is 49.4 Å². The third-order valence-electron chi connectivity index (χ3n) is 3.67. The molecule has 0 atom stereocenters. The highest BCUT2D eigenvalue weighted by Crippen LogP contribution is 2.23. The van der Waals surface area contributed by atoms with E-state index in [-0.39, 0.29) is 5.91 Å². The number of hydrogen-bond acceptors (Lipinski definition) is 5. The second kappa shape index (κ2) is 5.31. The summed E-state index contributed by atoms with van der Waals surface area (Å²) in [5.41, 5.74) is 0.974. The molecule has 0 aliphatic carbocycles. The molecule has 8 nitrogen and oxygen atoms in total. The van der Waals surface area contributed by atoms with Crippen LogP contribution in [0.15, 0.2) is 33.7 Å². The highest BCUT2D eigenvalue weighted by Gasteiger charge is 2.29. The van der Waals surface area contributed by atoms with Crippen molar-refractivity contribution < 1.29 is 4.79 Å². The first kappa shape index (κ1) is 14.6. The summed E-state index contributed by atoms with van der Waals surface area (Å²) in [6.45, 7) is 1.23. The van der Waals surface area contributed by atoms with Gasteiger partial charge in [-0.05, 0) is 31.9 Å². The van der Waals surface area contributed by atoms with Crippen LogP contribution < -0.4 is 5.01 Å². The smallest absolute Gasteiger partial charge is 0.293 e. The minimum atomic E-state index is -0.181. The molecule has 3 aromatic rings. The zero-order chi connectivity index (χ0) is 16.1. The average molecular weight is 441 g/mol. The summed E-state index contributed by atoms with van der Waals surface area (Å²) >= 11 is 6.70. The van der Waals surface area contributed by atoms with E-state index in [1.54, 1.807) is 33.0 Å². The summed E-state index contributed by atoms with van der Waals surface area (Å²) < 4.78 is 5.12. The average Bonchev–Trinajstić information content (AvgIpc) is 3.09. The zero-order valence-electron chi connectivity index (χ0n) is 12.0. The number of rotatable bonds is 1. The van der Waals surface area contributed by atoms with Crippen LogP contribution in [0.4, 0.5) is 5.95 Å². The predicted octanol–water partition coefficient (Wildman–Crippen LogP) is 1.96. The Morgan fingerprint density at radius 1 is 1.26 bits per heavy atom. The zero-order valence-corrected chi connectivity index (χ0v) is 15.2. The van der Waals surface area contributed by atoms with Crippen molar-refractivity contribution in [1.29, 1.82) is 0 Å². The number of hydrogen-bond donors (Lipinski definition) is 0. The van der Waals surface area contributed by atoms with Gasteiger partial charge in [0.25, 0.3) is 5.91 Å². The topological polar surface area (TPSA) is 71.6 Å². The summed E-state index contributed by atoms with van der Waals surface area (Å²) in [4.78, 5) is 21.4. The SMILES string of the molecule is CN1c2nc(Br)cn2CCN1C(=O)c1cc2ncc(Br)cn2n1. The van der Waals surface area contributed by atoms with E-state index in [1.165, 1.54) is 0 Å². The molecule has 10 heteroatoms. The Balaban J connectivity index is 1.68. The van der Waals surface area contributed by atoms with Crippen LogP contribution in [0.3, 0.4) is 0 Å². The van der Waals surface area contributed by atoms with Crippen LogP contribution in [-0.2, 0) is 6.54 Å². The van der Waals surface area contributed by atoms with E-state index in [1.807, 2.05) is 17.8 Å². The van der Waals surface area contributed by atoms with Gasteiger partial charge in [0.1, 0.15) is 4.60 Å². The van der Waals surface area contributed by atoms with Crippen molar-refractivity contribution in [3.63, 3.8) is 0 Å². The van der Waals surface area contributed by atoms with Gasteiger partial charge in [-0.2, -0.15) is 5.10 Å². The van der Waals surface area contributed by atoms with Crippen LogP contribution in [0.5, 0.6) is 0 Å². The lowest BCUT2D eigenvalue weighted by Gasteiger charge is -2.36. The first-order valence-electron chi connectivity index (χ1n) is 6.82. The molecule has 1 amide bonds. The van der Waals surface area contributed by atoms with Gasteiger partial charge in [0.15, 0.2) is 11.3 Å². The maximum absolute atomic E-state index is 12.8. The lowest BCUT2D eigenvalue weighted by molar-refractivity contribution is 0.0710. The van der Waals surface area contributed by atoms with E-state index in [0.29, 0.717) is 30.4 Å².